The lowest BCUT2D eigenvalue weighted by Gasteiger charge is -2.28. The summed E-state index contributed by atoms with van der Waals surface area (Å²) < 4.78 is 0. The lowest BCUT2D eigenvalue weighted by Crippen LogP contribution is -2.10. The summed E-state index contributed by atoms with van der Waals surface area (Å²) in [6.45, 7) is 13.6. The van der Waals surface area contributed by atoms with Gasteiger partial charge >= 0.3 is 0 Å². The van der Waals surface area contributed by atoms with Crippen molar-refractivity contribution in [3.05, 3.63) is 397 Å². The van der Waals surface area contributed by atoms with Crippen molar-refractivity contribution < 1.29 is 0 Å². The van der Waals surface area contributed by atoms with Gasteiger partial charge in [-0.1, -0.05) is 308 Å². The summed E-state index contributed by atoms with van der Waals surface area (Å²) in [7, 11) is 0. The minimum atomic E-state index is 1.02. The van der Waals surface area contributed by atoms with E-state index in [1.165, 1.54) is 164 Å². The van der Waals surface area contributed by atoms with Gasteiger partial charge in [0, 0.05) is 68.2 Å². The lowest BCUT2D eigenvalue weighted by atomic mass is 9.84. The number of para-hydroxylation sites is 4. The topological polar surface area (TPSA) is 13.0 Å². The summed E-state index contributed by atoms with van der Waals surface area (Å²) in [6.07, 6.45) is 17.0. The largest absolute Gasteiger partial charge is 0.311 e. The molecule has 0 aromatic heterocycles. The van der Waals surface area contributed by atoms with Crippen molar-refractivity contribution in [2.24, 2.45) is 0 Å². The van der Waals surface area contributed by atoms with Crippen LogP contribution < -0.4 is 19.6 Å². The molecule has 0 heterocycles. The molecule has 0 aliphatic rings. The van der Waals surface area contributed by atoms with Gasteiger partial charge in [0.2, 0.25) is 0 Å². The van der Waals surface area contributed by atoms with E-state index in [4.69, 9.17) is 0 Å². The van der Waals surface area contributed by atoms with Crippen molar-refractivity contribution in [2.75, 3.05) is 19.6 Å². The van der Waals surface area contributed by atoms with E-state index in [2.05, 4.69) is 425 Å². The molecule has 0 fully saturated rings. The van der Waals surface area contributed by atoms with E-state index >= 15 is 0 Å². The predicted octanol–water partition coefficient (Wildman–Crippen LogP) is 32.6. The standard InChI is InChI=1S/C110H106N4/c1-7-9-11-13-15-21-31-93-79-110(108-76-74-106(78-84(108)6)114(102-67-55-88(56-68-102)86-47-43-82(4)44-48-86)104-71-59-92(60-72-104)90-51-63-100(64-52-90)112(97-37-27-19-28-38-97)98-39-29-20-30-40-98)94(32-22-16-14-12-10-8-2)80-109(93)107-75-73-105(77-83(107)5)113(101-65-53-87(54-66-101)85-45-41-81(3)42-46-85)103-69-57-91(58-70-103)89-49-61-99(62-50-89)111(95-33-23-17-24-34-95)96-35-25-18-26-36-96/h17-20,23-30,33-80H,7-16,21-22,31-32H2,1-6H3. The van der Waals surface area contributed by atoms with E-state index in [9.17, 15) is 0 Å². The van der Waals surface area contributed by atoms with Gasteiger partial charge in [0.15, 0.2) is 0 Å². The summed E-state index contributed by atoms with van der Waals surface area (Å²) in [4.78, 5) is 9.53. The van der Waals surface area contributed by atoms with Crippen LogP contribution in [0.2, 0.25) is 0 Å². The molecule has 0 bridgehead atoms. The van der Waals surface area contributed by atoms with Gasteiger partial charge < -0.3 is 19.6 Å². The monoisotopic (exact) mass is 1480 g/mol. The number of hydrogen-bond acceptors (Lipinski definition) is 4. The van der Waals surface area contributed by atoms with Crippen LogP contribution in [-0.4, -0.2) is 0 Å². The second kappa shape index (κ2) is 37.2. The first-order valence-corrected chi connectivity index (χ1v) is 41.6. The van der Waals surface area contributed by atoms with Crippen LogP contribution in [0.3, 0.4) is 0 Å². The molecule has 0 amide bonds. The van der Waals surface area contributed by atoms with Crippen LogP contribution in [0.1, 0.15) is 124 Å². The van der Waals surface area contributed by atoms with Gasteiger partial charge in [0.1, 0.15) is 0 Å². The summed E-state index contributed by atoms with van der Waals surface area (Å²) in [5, 5.41) is 0. The number of anilines is 12. The summed E-state index contributed by atoms with van der Waals surface area (Å²) in [5.74, 6) is 0. The average Bonchev–Trinajstić information content (AvgIpc) is 0.768. The zero-order valence-electron chi connectivity index (χ0n) is 67.3. The number of rotatable bonds is 32. The van der Waals surface area contributed by atoms with Crippen molar-refractivity contribution in [1.29, 1.82) is 0 Å². The van der Waals surface area contributed by atoms with E-state index in [1.807, 2.05) is 0 Å². The molecule has 0 atom stereocenters. The molecule has 0 unspecified atom stereocenters. The van der Waals surface area contributed by atoms with Crippen LogP contribution in [-0.2, 0) is 12.8 Å². The second-order valence-electron chi connectivity index (χ2n) is 30.9. The first-order valence-electron chi connectivity index (χ1n) is 41.6. The van der Waals surface area contributed by atoms with Gasteiger partial charge in [-0.3, -0.25) is 0 Å². The van der Waals surface area contributed by atoms with Gasteiger partial charge in [-0.2, -0.15) is 0 Å². The smallest absolute Gasteiger partial charge is 0.0464 e. The highest BCUT2D eigenvalue weighted by atomic mass is 15.2. The molecule has 0 saturated heterocycles. The zero-order valence-corrected chi connectivity index (χ0v) is 67.3. The van der Waals surface area contributed by atoms with E-state index in [0.29, 0.717) is 0 Å². The fraction of sp³-hybridized carbons (Fsp3) is 0.182. The van der Waals surface area contributed by atoms with Crippen molar-refractivity contribution in [3.8, 4) is 66.8 Å². The average molecular weight is 1480 g/mol. The van der Waals surface area contributed by atoms with E-state index < -0.39 is 0 Å². The number of nitrogens with zero attached hydrogens (tertiary/aromatic N) is 4. The van der Waals surface area contributed by atoms with Crippen molar-refractivity contribution >= 4 is 68.2 Å². The maximum Gasteiger partial charge on any atom is 0.0464 e. The highest BCUT2D eigenvalue weighted by molar-refractivity contribution is 5.88. The molecule has 114 heavy (non-hydrogen) atoms. The minimum Gasteiger partial charge on any atom is -0.311 e. The van der Waals surface area contributed by atoms with E-state index in [0.717, 1.165) is 93.9 Å². The molecule has 0 spiro atoms. The highest BCUT2D eigenvalue weighted by Gasteiger charge is 2.23. The Labute approximate surface area is 679 Å². The number of benzene rings is 15. The van der Waals surface area contributed by atoms with Crippen LogP contribution >= 0.6 is 0 Å². The quantitative estimate of drug-likeness (QED) is 0.0390. The fourth-order valence-corrected chi connectivity index (χ4v) is 16.4. The van der Waals surface area contributed by atoms with Gasteiger partial charge in [0.05, 0.1) is 0 Å². The Bertz CT molecular complexity index is 5120. The molecule has 15 aromatic rings. The highest BCUT2D eigenvalue weighted by Crippen LogP contribution is 2.46. The molecule has 0 radical (unpaired) electrons. The normalized spacial score (nSPS) is 11.2. The molecular formula is C110H106N4. The summed E-state index contributed by atoms with van der Waals surface area (Å²) >= 11 is 0. The van der Waals surface area contributed by atoms with Crippen molar-refractivity contribution in [1.82, 2.24) is 0 Å². The molecule has 15 aromatic carbocycles. The minimum absolute atomic E-state index is 1.02. The van der Waals surface area contributed by atoms with Gasteiger partial charge in [0.25, 0.3) is 0 Å². The van der Waals surface area contributed by atoms with Crippen LogP contribution in [0.4, 0.5) is 68.2 Å². The maximum atomic E-state index is 2.64. The first-order chi connectivity index (χ1) is 56.1. The third-order valence-corrected chi connectivity index (χ3v) is 22.7. The Morgan fingerprint density at radius 3 is 0.614 bits per heavy atom. The van der Waals surface area contributed by atoms with E-state index in [1.54, 1.807) is 0 Å². The SMILES string of the molecule is CCCCCCCCc1cc(-c2ccc(N(c3ccc(-c4ccc(C)cc4)cc3)c3ccc(-c4ccc(N(c5ccccc5)c5ccccc5)cc4)cc3)cc2C)c(CCCCCCCC)cc1-c1ccc(N(c2ccc(-c3ccc(C)cc3)cc2)c2ccc(-c3ccc(N(c4ccccc4)c4ccccc4)cc3)cc2)cc1C. The molecule has 0 aliphatic carbocycles. The number of unbranched alkanes of at least 4 members (excludes halogenated alkanes) is 10. The molecular weight excluding hydrogens is 1380 g/mol. The molecule has 0 N–H and O–H groups in total. The Morgan fingerprint density at radius 2 is 0.377 bits per heavy atom. The van der Waals surface area contributed by atoms with Gasteiger partial charge in [-0.25, -0.2) is 0 Å². The molecule has 4 heteroatoms. The third kappa shape index (κ3) is 18.3. The molecule has 0 saturated carbocycles. The number of aryl methyl sites for hydroxylation is 6. The molecule has 4 nitrogen and oxygen atoms in total. The molecule has 15 rings (SSSR count). The van der Waals surface area contributed by atoms with Crippen LogP contribution in [0, 0.1) is 27.7 Å². The lowest BCUT2D eigenvalue weighted by molar-refractivity contribution is 0.606. The van der Waals surface area contributed by atoms with E-state index in [-0.39, 0.29) is 0 Å². The zero-order chi connectivity index (χ0) is 78.0. The summed E-state index contributed by atoms with van der Waals surface area (Å²) in [6, 6.07) is 135. The van der Waals surface area contributed by atoms with Crippen LogP contribution in [0.15, 0.2) is 364 Å². The van der Waals surface area contributed by atoms with Gasteiger partial charge in [-0.05, 0) is 288 Å². The number of hydrogen-bond donors (Lipinski definition) is 0. The first kappa shape index (κ1) is 76.8. The predicted molar refractivity (Wildman–Crippen MR) is 491 cm³/mol. The Hall–Kier alpha value is -12.5. The van der Waals surface area contributed by atoms with Gasteiger partial charge in [-0.15, -0.1) is 0 Å². The third-order valence-electron chi connectivity index (χ3n) is 22.7. The molecule has 0 aliphatic heterocycles. The Kier molecular flexibility index (Phi) is 25.1. The Balaban J connectivity index is 0.782. The Morgan fingerprint density at radius 1 is 0.175 bits per heavy atom. The van der Waals surface area contributed by atoms with Crippen molar-refractivity contribution in [2.45, 2.75) is 131 Å². The second-order valence-corrected chi connectivity index (χ2v) is 30.9. The van der Waals surface area contributed by atoms with Crippen LogP contribution in [0.25, 0.3) is 66.8 Å². The maximum absolute atomic E-state index is 2.64. The van der Waals surface area contributed by atoms with Crippen molar-refractivity contribution in [3.63, 3.8) is 0 Å². The molecule has 566 valence electrons. The van der Waals surface area contributed by atoms with Crippen LogP contribution in [0.5, 0.6) is 0 Å². The fourth-order valence-electron chi connectivity index (χ4n) is 16.4. The summed E-state index contributed by atoms with van der Waals surface area (Å²) in [5.41, 5.74) is 36.1.